The van der Waals surface area contributed by atoms with E-state index in [2.05, 4.69) is 15.5 Å². The van der Waals surface area contributed by atoms with Crippen LogP contribution >= 0.6 is 11.3 Å². The monoisotopic (exact) mass is 484 g/mol. The molecule has 2 aromatic carbocycles. The number of benzene rings is 2. The van der Waals surface area contributed by atoms with Gasteiger partial charge in [-0.2, -0.15) is 0 Å². The van der Waals surface area contributed by atoms with Gasteiger partial charge in [0.2, 0.25) is 11.0 Å². The number of carbonyl (C=O) groups is 2. The number of carbonyl (C=O) groups excluding carboxylic acids is 2. The lowest BCUT2D eigenvalue weighted by Crippen LogP contribution is -2.34. The summed E-state index contributed by atoms with van der Waals surface area (Å²) in [5, 5.41) is 12.1. The minimum Gasteiger partial charge on any atom is -0.497 e. The number of hydrogen-bond donors (Lipinski definition) is 1. The molecule has 180 valence electrons. The van der Waals surface area contributed by atoms with Crippen molar-refractivity contribution in [3.05, 3.63) is 48.0 Å². The summed E-state index contributed by atoms with van der Waals surface area (Å²) in [7, 11) is 4.67. The maximum absolute atomic E-state index is 13.1. The van der Waals surface area contributed by atoms with Gasteiger partial charge in [0.15, 0.2) is 0 Å². The Morgan fingerprint density at radius 1 is 0.912 bits per heavy atom. The van der Waals surface area contributed by atoms with Gasteiger partial charge in [0.05, 0.1) is 21.3 Å². The molecule has 0 aliphatic carbocycles. The predicted octanol–water partition coefficient (Wildman–Crippen LogP) is 4.11. The highest BCUT2D eigenvalue weighted by Gasteiger charge is 2.19. The van der Waals surface area contributed by atoms with Crippen LogP contribution in [0.2, 0.25) is 0 Å². The Morgan fingerprint density at radius 3 is 2.15 bits per heavy atom. The number of aromatic nitrogens is 2. The smallest absolute Gasteiger partial charge is 0.254 e. The molecule has 0 spiro atoms. The molecule has 3 rings (SSSR count). The molecule has 0 bridgehead atoms. The van der Waals surface area contributed by atoms with E-state index in [1.807, 2.05) is 31.2 Å². The van der Waals surface area contributed by atoms with Gasteiger partial charge in [-0.15, -0.1) is 10.2 Å². The molecule has 34 heavy (non-hydrogen) atoms. The SMILES string of the molecule is CCCN(CCC(=O)Nc1nnc(-c2ccc(OC)cc2)s1)C(=O)c1cc(OC)cc(OC)c1. The number of nitrogens with zero attached hydrogens (tertiary/aromatic N) is 3. The number of amides is 2. The molecule has 0 saturated carbocycles. The van der Waals surface area contributed by atoms with Crippen LogP contribution in [0.1, 0.15) is 30.1 Å². The Morgan fingerprint density at radius 2 is 1.56 bits per heavy atom. The number of anilines is 1. The summed E-state index contributed by atoms with van der Waals surface area (Å²) in [6.45, 7) is 2.77. The Labute approximate surface area is 202 Å². The fourth-order valence-corrected chi connectivity index (χ4v) is 4.01. The summed E-state index contributed by atoms with van der Waals surface area (Å²) in [5.74, 6) is 1.38. The summed E-state index contributed by atoms with van der Waals surface area (Å²) < 4.78 is 15.7. The van der Waals surface area contributed by atoms with Crippen molar-refractivity contribution in [2.75, 3.05) is 39.7 Å². The fourth-order valence-electron chi connectivity index (χ4n) is 3.24. The van der Waals surface area contributed by atoms with Gasteiger partial charge in [0, 0.05) is 36.7 Å². The van der Waals surface area contributed by atoms with E-state index in [1.54, 1.807) is 30.2 Å². The molecule has 1 N–H and O–H groups in total. The van der Waals surface area contributed by atoms with Gasteiger partial charge in [-0.25, -0.2) is 0 Å². The molecule has 3 aromatic rings. The molecule has 1 heterocycles. The zero-order valence-electron chi connectivity index (χ0n) is 19.7. The third-order valence-electron chi connectivity index (χ3n) is 5.00. The molecule has 10 heteroatoms. The van der Waals surface area contributed by atoms with Gasteiger partial charge < -0.3 is 24.4 Å². The van der Waals surface area contributed by atoms with E-state index < -0.39 is 0 Å². The van der Waals surface area contributed by atoms with Crippen LogP contribution in [0.3, 0.4) is 0 Å². The Hall–Kier alpha value is -3.66. The van der Waals surface area contributed by atoms with Crippen LogP contribution in [0, 0.1) is 0 Å². The van der Waals surface area contributed by atoms with Crippen molar-refractivity contribution in [1.82, 2.24) is 15.1 Å². The summed E-state index contributed by atoms with van der Waals surface area (Å²) >= 11 is 1.28. The molecule has 2 amide bonds. The van der Waals surface area contributed by atoms with Gasteiger partial charge in [0.25, 0.3) is 5.91 Å². The summed E-state index contributed by atoms with van der Waals surface area (Å²) in [6.07, 6.45) is 0.889. The second kappa shape index (κ2) is 12.0. The van der Waals surface area contributed by atoms with Crippen LogP contribution in [-0.4, -0.2) is 61.3 Å². The third kappa shape index (κ3) is 6.44. The first-order valence-corrected chi connectivity index (χ1v) is 11.6. The average molecular weight is 485 g/mol. The highest BCUT2D eigenvalue weighted by atomic mass is 32.1. The van der Waals surface area contributed by atoms with Crippen molar-refractivity contribution in [2.45, 2.75) is 19.8 Å². The number of rotatable bonds is 11. The van der Waals surface area contributed by atoms with Crippen molar-refractivity contribution in [1.29, 1.82) is 0 Å². The van der Waals surface area contributed by atoms with Crippen LogP contribution < -0.4 is 19.5 Å². The van der Waals surface area contributed by atoms with Crippen LogP contribution in [0.25, 0.3) is 10.6 Å². The molecule has 0 fully saturated rings. The Balaban J connectivity index is 1.62. The quantitative estimate of drug-likeness (QED) is 0.437. The van der Waals surface area contributed by atoms with Crippen LogP contribution in [0.4, 0.5) is 5.13 Å². The fraction of sp³-hybridized carbons (Fsp3) is 0.333. The van der Waals surface area contributed by atoms with E-state index in [0.29, 0.717) is 33.7 Å². The van der Waals surface area contributed by atoms with E-state index in [-0.39, 0.29) is 24.8 Å². The van der Waals surface area contributed by atoms with Crippen molar-refractivity contribution in [2.24, 2.45) is 0 Å². The first kappa shape index (κ1) is 25.0. The van der Waals surface area contributed by atoms with E-state index in [4.69, 9.17) is 14.2 Å². The molecule has 0 aliphatic heterocycles. The molecule has 0 saturated heterocycles. The second-order valence-electron chi connectivity index (χ2n) is 7.33. The lowest BCUT2D eigenvalue weighted by Gasteiger charge is -2.22. The van der Waals surface area contributed by atoms with Crippen LogP contribution in [0.5, 0.6) is 17.2 Å². The van der Waals surface area contributed by atoms with Crippen molar-refractivity contribution in [3.8, 4) is 27.8 Å². The molecule has 0 unspecified atom stereocenters. The lowest BCUT2D eigenvalue weighted by atomic mass is 10.1. The first-order chi connectivity index (χ1) is 16.5. The normalized spacial score (nSPS) is 10.5. The minimum atomic E-state index is -0.241. The minimum absolute atomic E-state index is 0.129. The zero-order chi connectivity index (χ0) is 24.5. The van der Waals surface area contributed by atoms with E-state index in [1.165, 1.54) is 25.6 Å². The standard InChI is InChI=1S/C24H28N4O5S/c1-5-11-28(23(30)17-13-19(32-3)15-20(14-17)33-4)12-10-21(29)25-24-27-26-22(34-24)16-6-8-18(31-2)9-7-16/h6-9,13-15H,5,10-12H2,1-4H3,(H,25,27,29). The number of ether oxygens (including phenoxy) is 3. The zero-order valence-corrected chi connectivity index (χ0v) is 20.5. The van der Waals surface area contributed by atoms with Crippen molar-refractivity contribution >= 4 is 28.3 Å². The summed E-state index contributed by atoms with van der Waals surface area (Å²) in [6, 6.07) is 12.5. The number of hydrogen-bond acceptors (Lipinski definition) is 8. The van der Waals surface area contributed by atoms with Crippen molar-refractivity contribution in [3.63, 3.8) is 0 Å². The van der Waals surface area contributed by atoms with Crippen LogP contribution in [0.15, 0.2) is 42.5 Å². The topological polar surface area (TPSA) is 103 Å². The molecule has 0 aliphatic rings. The van der Waals surface area contributed by atoms with Crippen LogP contribution in [-0.2, 0) is 4.79 Å². The third-order valence-corrected chi connectivity index (χ3v) is 5.88. The van der Waals surface area contributed by atoms with E-state index in [0.717, 1.165) is 17.7 Å². The lowest BCUT2D eigenvalue weighted by molar-refractivity contribution is -0.116. The van der Waals surface area contributed by atoms with Gasteiger partial charge >= 0.3 is 0 Å². The highest BCUT2D eigenvalue weighted by Crippen LogP contribution is 2.28. The molecular weight excluding hydrogens is 456 g/mol. The van der Waals surface area contributed by atoms with Gasteiger partial charge in [0.1, 0.15) is 22.3 Å². The average Bonchev–Trinajstić information content (AvgIpc) is 3.34. The first-order valence-electron chi connectivity index (χ1n) is 10.8. The van der Waals surface area contributed by atoms with E-state index >= 15 is 0 Å². The molecule has 9 nitrogen and oxygen atoms in total. The molecule has 0 atom stereocenters. The number of methoxy groups -OCH3 is 3. The Kier molecular flexibility index (Phi) is 8.80. The number of nitrogens with one attached hydrogen (secondary N) is 1. The predicted molar refractivity (Wildman–Crippen MR) is 131 cm³/mol. The highest BCUT2D eigenvalue weighted by molar-refractivity contribution is 7.18. The van der Waals surface area contributed by atoms with Gasteiger partial charge in [-0.05, 0) is 42.8 Å². The maximum Gasteiger partial charge on any atom is 0.254 e. The summed E-state index contributed by atoms with van der Waals surface area (Å²) in [4.78, 5) is 27.3. The van der Waals surface area contributed by atoms with Crippen molar-refractivity contribution < 1.29 is 23.8 Å². The van der Waals surface area contributed by atoms with Gasteiger partial charge in [-0.3, -0.25) is 9.59 Å². The molecule has 1 aromatic heterocycles. The second-order valence-corrected chi connectivity index (χ2v) is 8.31. The maximum atomic E-state index is 13.1. The summed E-state index contributed by atoms with van der Waals surface area (Å²) in [5.41, 5.74) is 1.32. The molecular formula is C24H28N4O5S. The largest absolute Gasteiger partial charge is 0.497 e. The van der Waals surface area contributed by atoms with Gasteiger partial charge in [-0.1, -0.05) is 18.3 Å². The van der Waals surface area contributed by atoms with E-state index in [9.17, 15) is 9.59 Å². The molecule has 0 radical (unpaired) electrons. The Bertz CT molecular complexity index is 1090.